The normalized spacial score (nSPS) is 23.1. The first kappa shape index (κ1) is 13.6. The Morgan fingerprint density at radius 2 is 2.28 bits per heavy atom. The standard InChI is InChI=1S/C14H19BrN2O/c1-2-9-7-11(15)4-6-13(9)17-14(18)10-3-5-12(16)8-10/h4,6-7,10,12H,2-3,5,8,16H2,1H3,(H,17,18). The number of hydrogen-bond donors (Lipinski definition) is 2. The lowest BCUT2D eigenvalue weighted by molar-refractivity contribution is -0.119. The molecule has 18 heavy (non-hydrogen) atoms. The zero-order chi connectivity index (χ0) is 13.1. The SMILES string of the molecule is CCc1cc(Br)ccc1NC(=O)C1CCC(N)C1. The molecule has 1 amide bonds. The molecule has 3 nitrogen and oxygen atoms in total. The number of halogens is 1. The van der Waals surface area contributed by atoms with Gasteiger partial charge in [-0.3, -0.25) is 4.79 Å². The minimum absolute atomic E-state index is 0.0772. The van der Waals surface area contributed by atoms with Crippen LogP contribution in [-0.4, -0.2) is 11.9 Å². The highest BCUT2D eigenvalue weighted by atomic mass is 79.9. The largest absolute Gasteiger partial charge is 0.328 e. The van der Waals surface area contributed by atoms with Crippen LogP contribution in [-0.2, 0) is 11.2 Å². The number of amides is 1. The lowest BCUT2D eigenvalue weighted by Crippen LogP contribution is -2.23. The number of aryl methyl sites for hydroxylation is 1. The van der Waals surface area contributed by atoms with Crippen molar-refractivity contribution in [3.05, 3.63) is 28.2 Å². The zero-order valence-electron chi connectivity index (χ0n) is 10.6. The molecule has 1 aromatic carbocycles. The van der Waals surface area contributed by atoms with E-state index in [9.17, 15) is 4.79 Å². The molecular formula is C14H19BrN2O. The highest BCUT2D eigenvalue weighted by Gasteiger charge is 2.27. The zero-order valence-corrected chi connectivity index (χ0v) is 12.2. The molecule has 1 aromatic rings. The second-order valence-electron chi connectivity index (χ2n) is 4.91. The maximum atomic E-state index is 12.1. The van der Waals surface area contributed by atoms with Crippen LogP contribution in [0.25, 0.3) is 0 Å². The maximum absolute atomic E-state index is 12.1. The third-order valence-corrected chi connectivity index (χ3v) is 4.04. The summed E-state index contributed by atoms with van der Waals surface area (Å²) >= 11 is 3.45. The molecule has 0 aliphatic heterocycles. The second-order valence-corrected chi connectivity index (χ2v) is 5.83. The van der Waals surface area contributed by atoms with Gasteiger partial charge in [0.1, 0.15) is 0 Å². The van der Waals surface area contributed by atoms with Gasteiger partial charge in [0, 0.05) is 22.1 Å². The summed E-state index contributed by atoms with van der Waals surface area (Å²) < 4.78 is 1.04. The van der Waals surface area contributed by atoms with Gasteiger partial charge in [-0.1, -0.05) is 22.9 Å². The third kappa shape index (κ3) is 3.12. The smallest absolute Gasteiger partial charge is 0.227 e. The molecule has 98 valence electrons. The Labute approximate surface area is 116 Å². The molecule has 2 atom stereocenters. The van der Waals surface area contributed by atoms with E-state index >= 15 is 0 Å². The average molecular weight is 311 g/mol. The van der Waals surface area contributed by atoms with Crippen molar-refractivity contribution in [2.75, 3.05) is 5.32 Å². The molecular weight excluding hydrogens is 292 g/mol. The lowest BCUT2D eigenvalue weighted by Gasteiger charge is -2.14. The van der Waals surface area contributed by atoms with E-state index in [1.165, 1.54) is 0 Å². The van der Waals surface area contributed by atoms with Crippen molar-refractivity contribution >= 4 is 27.5 Å². The van der Waals surface area contributed by atoms with E-state index in [2.05, 4.69) is 34.2 Å². The van der Waals surface area contributed by atoms with Crippen molar-refractivity contribution in [1.29, 1.82) is 0 Å². The number of benzene rings is 1. The first-order valence-electron chi connectivity index (χ1n) is 6.45. The van der Waals surface area contributed by atoms with Gasteiger partial charge in [-0.25, -0.2) is 0 Å². The van der Waals surface area contributed by atoms with Crippen molar-refractivity contribution in [2.24, 2.45) is 11.7 Å². The molecule has 0 bridgehead atoms. The molecule has 0 saturated heterocycles. The fraction of sp³-hybridized carbons (Fsp3) is 0.500. The number of nitrogens with one attached hydrogen (secondary N) is 1. The van der Waals surface area contributed by atoms with Crippen LogP contribution < -0.4 is 11.1 Å². The van der Waals surface area contributed by atoms with E-state index < -0.39 is 0 Å². The quantitative estimate of drug-likeness (QED) is 0.901. The van der Waals surface area contributed by atoms with Crippen molar-refractivity contribution in [1.82, 2.24) is 0 Å². The minimum atomic E-state index is 0.0772. The summed E-state index contributed by atoms with van der Waals surface area (Å²) in [7, 11) is 0. The molecule has 1 aliphatic rings. The van der Waals surface area contributed by atoms with E-state index in [-0.39, 0.29) is 17.9 Å². The summed E-state index contributed by atoms with van der Waals surface area (Å²) in [4.78, 5) is 12.1. The third-order valence-electron chi connectivity index (χ3n) is 3.55. The molecule has 4 heteroatoms. The van der Waals surface area contributed by atoms with E-state index in [4.69, 9.17) is 5.73 Å². The summed E-state index contributed by atoms with van der Waals surface area (Å²) in [6.07, 6.45) is 3.58. The Hall–Kier alpha value is -0.870. The summed E-state index contributed by atoms with van der Waals surface area (Å²) in [6.45, 7) is 2.09. The summed E-state index contributed by atoms with van der Waals surface area (Å²) in [6, 6.07) is 6.15. The summed E-state index contributed by atoms with van der Waals surface area (Å²) in [5.41, 5.74) is 7.92. The Morgan fingerprint density at radius 1 is 1.50 bits per heavy atom. The number of rotatable bonds is 3. The molecule has 3 N–H and O–H groups in total. The topological polar surface area (TPSA) is 55.1 Å². The van der Waals surface area contributed by atoms with Crippen LogP contribution in [0.1, 0.15) is 31.7 Å². The number of hydrogen-bond acceptors (Lipinski definition) is 2. The van der Waals surface area contributed by atoms with Gasteiger partial charge in [-0.2, -0.15) is 0 Å². The first-order chi connectivity index (χ1) is 8.60. The van der Waals surface area contributed by atoms with Gasteiger partial charge in [0.25, 0.3) is 0 Å². The van der Waals surface area contributed by atoms with E-state index in [1.54, 1.807) is 0 Å². The van der Waals surface area contributed by atoms with Gasteiger partial charge in [0.2, 0.25) is 5.91 Å². The monoisotopic (exact) mass is 310 g/mol. The van der Waals surface area contributed by atoms with Crippen LogP contribution in [0.15, 0.2) is 22.7 Å². The number of anilines is 1. The number of nitrogens with two attached hydrogens (primary N) is 1. The molecule has 0 aromatic heterocycles. The van der Waals surface area contributed by atoms with E-state index in [1.807, 2.05) is 12.1 Å². The number of carbonyl (C=O) groups excluding carboxylic acids is 1. The van der Waals surface area contributed by atoms with Gasteiger partial charge in [-0.15, -0.1) is 0 Å². The van der Waals surface area contributed by atoms with Gasteiger partial charge >= 0.3 is 0 Å². The predicted molar refractivity (Wildman–Crippen MR) is 77.5 cm³/mol. The van der Waals surface area contributed by atoms with Crippen molar-refractivity contribution in [3.63, 3.8) is 0 Å². The van der Waals surface area contributed by atoms with Crippen molar-refractivity contribution < 1.29 is 4.79 Å². The van der Waals surface area contributed by atoms with Crippen LogP contribution >= 0.6 is 15.9 Å². The molecule has 0 radical (unpaired) electrons. The summed E-state index contributed by atoms with van der Waals surface area (Å²) in [5.74, 6) is 0.188. The molecule has 2 unspecified atom stereocenters. The van der Waals surface area contributed by atoms with Crippen LogP contribution in [0.4, 0.5) is 5.69 Å². The van der Waals surface area contributed by atoms with Gasteiger partial charge in [-0.05, 0) is 49.4 Å². The first-order valence-corrected chi connectivity index (χ1v) is 7.24. The molecule has 1 fully saturated rings. The van der Waals surface area contributed by atoms with E-state index in [0.29, 0.717) is 0 Å². The highest BCUT2D eigenvalue weighted by molar-refractivity contribution is 9.10. The van der Waals surface area contributed by atoms with Crippen molar-refractivity contribution in [2.45, 2.75) is 38.6 Å². The summed E-state index contributed by atoms with van der Waals surface area (Å²) in [5, 5.41) is 3.04. The highest BCUT2D eigenvalue weighted by Crippen LogP contribution is 2.27. The minimum Gasteiger partial charge on any atom is -0.328 e. The Morgan fingerprint density at radius 3 is 2.89 bits per heavy atom. The van der Waals surface area contributed by atoms with Crippen LogP contribution in [0.3, 0.4) is 0 Å². The molecule has 1 aliphatic carbocycles. The second kappa shape index (κ2) is 5.85. The van der Waals surface area contributed by atoms with Gasteiger partial charge in [0.15, 0.2) is 0 Å². The fourth-order valence-electron chi connectivity index (χ4n) is 2.47. The molecule has 0 spiro atoms. The Balaban J connectivity index is 2.07. The lowest BCUT2D eigenvalue weighted by atomic mass is 10.1. The Kier molecular flexibility index (Phi) is 4.40. The molecule has 0 heterocycles. The average Bonchev–Trinajstić information content (AvgIpc) is 2.78. The van der Waals surface area contributed by atoms with Crippen molar-refractivity contribution in [3.8, 4) is 0 Å². The van der Waals surface area contributed by atoms with Crippen LogP contribution in [0.5, 0.6) is 0 Å². The number of carbonyl (C=O) groups is 1. The fourth-order valence-corrected chi connectivity index (χ4v) is 2.87. The van der Waals surface area contributed by atoms with Gasteiger partial charge < -0.3 is 11.1 Å². The molecule has 1 saturated carbocycles. The molecule has 2 rings (SSSR count). The van der Waals surface area contributed by atoms with Crippen LogP contribution in [0, 0.1) is 5.92 Å². The maximum Gasteiger partial charge on any atom is 0.227 e. The Bertz CT molecular complexity index is 447. The van der Waals surface area contributed by atoms with Crippen LogP contribution in [0.2, 0.25) is 0 Å². The van der Waals surface area contributed by atoms with Gasteiger partial charge in [0.05, 0.1) is 0 Å². The van der Waals surface area contributed by atoms with E-state index in [0.717, 1.165) is 41.4 Å². The predicted octanol–water partition coefficient (Wildman–Crippen LogP) is 3.08.